The molecule has 0 bridgehead atoms. The van der Waals surface area contributed by atoms with Crippen LogP contribution in [-0.2, 0) is 0 Å². The van der Waals surface area contributed by atoms with Crippen molar-refractivity contribution in [2.75, 3.05) is 6.54 Å². The molecular weight excluding hydrogens is 304 g/mol. The van der Waals surface area contributed by atoms with Crippen LogP contribution < -0.4 is 0 Å². The lowest BCUT2D eigenvalue weighted by atomic mass is 9.99. The first-order valence-corrected chi connectivity index (χ1v) is 8.46. The van der Waals surface area contributed by atoms with E-state index in [1.165, 1.54) is 6.39 Å². The molecule has 2 aromatic rings. The molecule has 1 aromatic carbocycles. The largest absolute Gasteiger partial charge is 0.438 e. The Labute approximate surface area is 141 Å². The van der Waals surface area contributed by atoms with E-state index in [0.717, 1.165) is 25.7 Å². The van der Waals surface area contributed by atoms with E-state index in [1.807, 2.05) is 30.3 Å². The summed E-state index contributed by atoms with van der Waals surface area (Å²) in [6.45, 7) is 2.42. The maximum Gasteiger partial charge on any atom is 0.291 e. The molecule has 1 fully saturated rings. The molecule has 5 heteroatoms. The van der Waals surface area contributed by atoms with Gasteiger partial charge in [0.15, 0.2) is 12.2 Å². The molecule has 5 nitrogen and oxygen atoms in total. The van der Waals surface area contributed by atoms with Crippen LogP contribution in [0.15, 0.2) is 41.1 Å². The fourth-order valence-electron chi connectivity index (χ4n) is 3.25. The highest BCUT2D eigenvalue weighted by atomic mass is 16.3. The van der Waals surface area contributed by atoms with Crippen LogP contribution in [-0.4, -0.2) is 34.2 Å². The van der Waals surface area contributed by atoms with Crippen LogP contribution >= 0.6 is 0 Å². The number of aromatic nitrogens is 1. The third-order valence-electron chi connectivity index (χ3n) is 4.59. The summed E-state index contributed by atoms with van der Waals surface area (Å²) in [6, 6.07) is 9.18. The number of hydrogen-bond acceptors (Lipinski definition) is 4. The second kappa shape index (κ2) is 7.43. The van der Waals surface area contributed by atoms with Crippen LogP contribution in [0, 0.1) is 6.92 Å². The van der Waals surface area contributed by atoms with Gasteiger partial charge < -0.3 is 9.32 Å². The molecule has 1 aliphatic heterocycles. The zero-order valence-corrected chi connectivity index (χ0v) is 13.9. The van der Waals surface area contributed by atoms with Crippen molar-refractivity contribution in [1.29, 1.82) is 0 Å². The van der Waals surface area contributed by atoms with Gasteiger partial charge in [-0.1, -0.05) is 43.2 Å². The lowest BCUT2D eigenvalue weighted by molar-refractivity contribution is 0.0628. The third-order valence-corrected chi connectivity index (χ3v) is 4.59. The monoisotopic (exact) mass is 326 g/mol. The van der Waals surface area contributed by atoms with Crippen LogP contribution in [0.5, 0.6) is 0 Å². The van der Waals surface area contributed by atoms with Gasteiger partial charge in [-0.2, -0.15) is 0 Å². The first-order chi connectivity index (χ1) is 11.7. The molecule has 0 saturated carbocycles. The van der Waals surface area contributed by atoms with E-state index in [1.54, 1.807) is 11.8 Å². The highest BCUT2D eigenvalue weighted by Crippen LogP contribution is 2.24. The van der Waals surface area contributed by atoms with E-state index in [9.17, 15) is 9.59 Å². The Morgan fingerprint density at radius 3 is 2.71 bits per heavy atom. The van der Waals surface area contributed by atoms with Gasteiger partial charge in [0.1, 0.15) is 0 Å². The third kappa shape index (κ3) is 3.55. The first-order valence-electron chi connectivity index (χ1n) is 8.46. The minimum Gasteiger partial charge on any atom is -0.438 e. The number of aryl methyl sites for hydroxylation is 1. The van der Waals surface area contributed by atoms with Crippen molar-refractivity contribution in [3.8, 4) is 0 Å². The van der Waals surface area contributed by atoms with E-state index < -0.39 is 0 Å². The highest BCUT2D eigenvalue weighted by molar-refractivity contribution is 5.97. The number of oxazole rings is 1. The van der Waals surface area contributed by atoms with E-state index in [2.05, 4.69) is 4.98 Å². The van der Waals surface area contributed by atoms with Gasteiger partial charge in [-0.05, 0) is 19.8 Å². The molecule has 3 rings (SSSR count). The molecule has 1 aliphatic rings. The van der Waals surface area contributed by atoms with Crippen LogP contribution in [0.3, 0.4) is 0 Å². The second-order valence-corrected chi connectivity index (χ2v) is 6.26. The summed E-state index contributed by atoms with van der Waals surface area (Å²) in [5.74, 6) is 0.210. The molecule has 24 heavy (non-hydrogen) atoms. The summed E-state index contributed by atoms with van der Waals surface area (Å²) in [5.41, 5.74) is 1.29. The van der Waals surface area contributed by atoms with Gasteiger partial charge in [-0.15, -0.1) is 0 Å². The summed E-state index contributed by atoms with van der Waals surface area (Å²) in [4.78, 5) is 31.2. The number of hydrogen-bond donors (Lipinski definition) is 0. The number of nitrogens with zero attached hydrogens (tertiary/aromatic N) is 2. The molecule has 1 amide bonds. The predicted molar refractivity (Wildman–Crippen MR) is 89.9 cm³/mol. The number of Topliss-reactive ketones (excluding diaryl/α,β-unsaturated/α-hetero) is 1. The van der Waals surface area contributed by atoms with Crippen LogP contribution in [0.1, 0.15) is 58.7 Å². The fraction of sp³-hybridized carbons (Fsp3) is 0.421. The molecule has 0 N–H and O–H groups in total. The van der Waals surface area contributed by atoms with E-state index in [-0.39, 0.29) is 23.5 Å². The Balaban J connectivity index is 1.79. The van der Waals surface area contributed by atoms with Gasteiger partial charge in [0.05, 0.1) is 5.69 Å². The summed E-state index contributed by atoms with van der Waals surface area (Å²) < 4.78 is 5.27. The minimum absolute atomic E-state index is 0.0783. The molecule has 1 saturated heterocycles. The van der Waals surface area contributed by atoms with Gasteiger partial charge >= 0.3 is 0 Å². The average Bonchev–Trinajstić information content (AvgIpc) is 2.89. The van der Waals surface area contributed by atoms with Gasteiger partial charge in [0.25, 0.3) is 5.91 Å². The summed E-state index contributed by atoms with van der Waals surface area (Å²) >= 11 is 0. The van der Waals surface area contributed by atoms with Gasteiger partial charge in [-0.25, -0.2) is 4.98 Å². The number of benzene rings is 1. The topological polar surface area (TPSA) is 63.4 Å². The molecule has 0 unspecified atom stereocenters. The number of carbonyl (C=O) groups is 2. The Bertz CT molecular complexity index is 708. The summed E-state index contributed by atoms with van der Waals surface area (Å²) in [5, 5.41) is 0. The number of likely N-dealkylation sites (tertiary alicyclic amines) is 1. The Kier molecular flexibility index (Phi) is 5.08. The maximum absolute atomic E-state index is 12.8. The van der Waals surface area contributed by atoms with Crippen molar-refractivity contribution in [2.24, 2.45) is 0 Å². The number of ketones is 1. The quantitative estimate of drug-likeness (QED) is 0.805. The lowest BCUT2D eigenvalue weighted by Crippen LogP contribution is -2.41. The van der Waals surface area contributed by atoms with Crippen molar-refractivity contribution in [3.63, 3.8) is 0 Å². The number of rotatable bonds is 4. The lowest BCUT2D eigenvalue weighted by Gasteiger charge is -2.29. The molecular formula is C19H22N2O3. The highest BCUT2D eigenvalue weighted by Gasteiger charge is 2.30. The smallest absolute Gasteiger partial charge is 0.291 e. The predicted octanol–water partition coefficient (Wildman–Crippen LogP) is 3.64. The van der Waals surface area contributed by atoms with Crippen molar-refractivity contribution in [1.82, 2.24) is 9.88 Å². The van der Waals surface area contributed by atoms with Crippen LogP contribution in [0.25, 0.3) is 0 Å². The van der Waals surface area contributed by atoms with Gasteiger partial charge in [-0.3, -0.25) is 9.59 Å². The molecule has 1 atom stereocenters. The maximum atomic E-state index is 12.8. The Morgan fingerprint density at radius 2 is 2.00 bits per heavy atom. The molecule has 126 valence electrons. The van der Waals surface area contributed by atoms with Crippen molar-refractivity contribution in [3.05, 3.63) is 53.7 Å². The van der Waals surface area contributed by atoms with Gasteiger partial charge in [0.2, 0.25) is 5.76 Å². The number of amides is 1. The van der Waals surface area contributed by atoms with Gasteiger partial charge in [0, 0.05) is 24.6 Å². The summed E-state index contributed by atoms with van der Waals surface area (Å²) in [7, 11) is 0. The Hall–Kier alpha value is -2.43. The fourth-order valence-corrected chi connectivity index (χ4v) is 3.25. The minimum atomic E-state index is -0.155. The van der Waals surface area contributed by atoms with Crippen molar-refractivity contribution >= 4 is 11.7 Å². The summed E-state index contributed by atoms with van der Waals surface area (Å²) in [6.07, 6.45) is 5.56. The van der Waals surface area contributed by atoms with Crippen LogP contribution in [0.4, 0.5) is 0 Å². The molecule has 0 radical (unpaired) electrons. The first kappa shape index (κ1) is 16.4. The number of carbonyl (C=O) groups excluding carboxylic acids is 2. The van der Waals surface area contributed by atoms with E-state index in [0.29, 0.717) is 24.2 Å². The zero-order valence-electron chi connectivity index (χ0n) is 13.9. The molecule has 0 aliphatic carbocycles. The van der Waals surface area contributed by atoms with Crippen LogP contribution in [0.2, 0.25) is 0 Å². The van der Waals surface area contributed by atoms with E-state index >= 15 is 0 Å². The normalized spacial score (nSPS) is 18.2. The Morgan fingerprint density at radius 1 is 1.21 bits per heavy atom. The van der Waals surface area contributed by atoms with Crippen molar-refractivity contribution in [2.45, 2.75) is 45.1 Å². The second-order valence-electron chi connectivity index (χ2n) is 6.26. The molecule has 1 aromatic heterocycles. The zero-order chi connectivity index (χ0) is 16.9. The van der Waals surface area contributed by atoms with Crippen molar-refractivity contribution < 1.29 is 14.0 Å². The SMILES string of the molecule is Cc1ncoc1C(=O)N1CCCCC[C@@H]1CC(=O)c1ccccc1. The average molecular weight is 326 g/mol. The molecule has 0 spiro atoms. The molecule has 2 heterocycles. The standard InChI is InChI=1S/C19H22N2O3/c1-14-18(24-13-20-14)19(23)21-11-7-3-6-10-16(21)12-17(22)15-8-4-2-5-9-15/h2,4-5,8-9,13,16H,3,6-7,10-12H2,1H3/t16-/m1/s1. The van der Waals surface area contributed by atoms with E-state index in [4.69, 9.17) is 4.42 Å².